The molecule has 21 heavy (non-hydrogen) atoms. The van der Waals surface area contributed by atoms with Crippen molar-refractivity contribution in [1.29, 1.82) is 0 Å². The SMILES string of the molecule is COc1ccccc1C(CN)C(O)c1cc(C)ccc1C. The van der Waals surface area contributed by atoms with E-state index in [1.807, 2.05) is 56.3 Å². The highest BCUT2D eigenvalue weighted by Gasteiger charge is 2.25. The quantitative estimate of drug-likeness (QED) is 0.887. The van der Waals surface area contributed by atoms with Crippen molar-refractivity contribution in [3.8, 4) is 5.75 Å². The van der Waals surface area contributed by atoms with Crippen LogP contribution in [-0.4, -0.2) is 18.8 Å². The van der Waals surface area contributed by atoms with Gasteiger partial charge in [0, 0.05) is 18.0 Å². The Morgan fingerprint density at radius 3 is 2.48 bits per heavy atom. The molecule has 0 heterocycles. The number of aliphatic hydroxyl groups is 1. The van der Waals surface area contributed by atoms with Crippen molar-refractivity contribution in [2.75, 3.05) is 13.7 Å². The van der Waals surface area contributed by atoms with Crippen LogP contribution in [0.1, 0.15) is 34.3 Å². The third-order valence-corrected chi connectivity index (χ3v) is 3.93. The molecular weight excluding hydrogens is 262 g/mol. The van der Waals surface area contributed by atoms with E-state index in [4.69, 9.17) is 10.5 Å². The molecule has 2 rings (SSSR count). The maximum Gasteiger partial charge on any atom is 0.122 e. The number of ether oxygens (including phenoxy) is 1. The highest BCUT2D eigenvalue weighted by Crippen LogP contribution is 2.36. The van der Waals surface area contributed by atoms with Crippen LogP contribution < -0.4 is 10.5 Å². The van der Waals surface area contributed by atoms with E-state index in [9.17, 15) is 5.11 Å². The largest absolute Gasteiger partial charge is 0.496 e. The Balaban J connectivity index is 2.43. The van der Waals surface area contributed by atoms with Crippen LogP contribution in [0.3, 0.4) is 0 Å². The second-order valence-corrected chi connectivity index (χ2v) is 5.39. The van der Waals surface area contributed by atoms with Crippen LogP contribution in [0.25, 0.3) is 0 Å². The maximum absolute atomic E-state index is 10.8. The molecule has 2 unspecified atom stereocenters. The number of nitrogens with two attached hydrogens (primary N) is 1. The summed E-state index contributed by atoms with van der Waals surface area (Å²) in [5, 5.41) is 10.8. The molecule has 0 saturated carbocycles. The van der Waals surface area contributed by atoms with Crippen LogP contribution in [0.5, 0.6) is 5.75 Å². The van der Waals surface area contributed by atoms with Gasteiger partial charge in [0.2, 0.25) is 0 Å². The molecule has 0 aliphatic carbocycles. The van der Waals surface area contributed by atoms with Gasteiger partial charge in [-0.2, -0.15) is 0 Å². The van der Waals surface area contributed by atoms with Gasteiger partial charge in [-0.3, -0.25) is 0 Å². The van der Waals surface area contributed by atoms with Gasteiger partial charge in [-0.1, -0.05) is 42.0 Å². The van der Waals surface area contributed by atoms with E-state index in [1.165, 1.54) is 0 Å². The summed E-state index contributed by atoms with van der Waals surface area (Å²) < 4.78 is 5.40. The zero-order valence-corrected chi connectivity index (χ0v) is 12.8. The molecule has 2 aromatic carbocycles. The molecule has 0 aliphatic heterocycles. The van der Waals surface area contributed by atoms with Gasteiger partial charge in [0.1, 0.15) is 5.75 Å². The molecule has 0 aliphatic rings. The number of benzene rings is 2. The lowest BCUT2D eigenvalue weighted by atomic mass is 9.86. The summed E-state index contributed by atoms with van der Waals surface area (Å²) in [7, 11) is 1.64. The fraction of sp³-hybridized carbons (Fsp3) is 0.333. The number of hydrogen-bond acceptors (Lipinski definition) is 3. The van der Waals surface area contributed by atoms with Gasteiger partial charge in [-0.05, 0) is 31.0 Å². The van der Waals surface area contributed by atoms with Crippen molar-refractivity contribution in [1.82, 2.24) is 0 Å². The smallest absolute Gasteiger partial charge is 0.122 e. The molecule has 3 N–H and O–H groups in total. The normalized spacial score (nSPS) is 13.8. The second-order valence-electron chi connectivity index (χ2n) is 5.39. The van der Waals surface area contributed by atoms with E-state index in [2.05, 4.69) is 0 Å². The predicted molar refractivity (Wildman–Crippen MR) is 85.7 cm³/mol. The summed E-state index contributed by atoms with van der Waals surface area (Å²) in [5.74, 6) is 0.568. The number of aliphatic hydroxyl groups excluding tert-OH is 1. The fourth-order valence-corrected chi connectivity index (χ4v) is 2.69. The molecule has 2 aromatic rings. The lowest BCUT2D eigenvalue weighted by Gasteiger charge is -2.25. The van der Waals surface area contributed by atoms with Crippen LogP contribution in [0, 0.1) is 13.8 Å². The van der Waals surface area contributed by atoms with Crippen molar-refractivity contribution in [2.24, 2.45) is 5.73 Å². The Bertz CT molecular complexity index is 610. The monoisotopic (exact) mass is 285 g/mol. The first-order chi connectivity index (χ1) is 10.1. The van der Waals surface area contributed by atoms with Gasteiger partial charge in [0.05, 0.1) is 13.2 Å². The minimum atomic E-state index is -0.647. The molecule has 112 valence electrons. The number of hydrogen-bond donors (Lipinski definition) is 2. The summed E-state index contributed by atoms with van der Waals surface area (Å²) in [6.45, 7) is 4.39. The molecule has 3 nitrogen and oxygen atoms in total. The van der Waals surface area contributed by atoms with Crippen LogP contribution in [-0.2, 0) is 0 Å². The average molecular weight is 285 g/mol. The van der Waals surface area contributed by atoms with Gasteiger partial charge in [-0.15, -0.1) is 0 Å². The average Bonchev–Trinajstić information content (AvgIpc) is 2.50. The Hall–Kier alpha value is -1.84. The van der Waals surface area contributed by atoms with E-state index in [0.29, 0.717) is 6.54 Å². The number of rotatable bonds is 5. The number of aryl methyl sites for hydroxylation is 2. The molecule has 0 amide bonds. The van der Waals surface area contributed by atoms with E-state index < -0.39 is 6.10 Å². The number of para-hydroxylation sites is 1. The van der Waals surface area contributed by atoms with E-state index >= 15 is 0 Å². The van der Waals surface area contributed by atoms with E-state index in [1.54, 1.807) is 7.11 Å². The first-order valence-electron chi connectivity index (χ1n) is 7.16. The molecule has 0 radical (unpaired) electrons. The highest BCUT2D eigenvalue weighted by molar-refractivity contribution is 5.40. The molecule has 0 spiro atoms. The minimum Gasteiger partial charge on any atom is -0.496 e. The lowest BCUT2D eigenvalue weighted by molar-refractivity contribution is 0.145. The summed E-state index contributed by atoms with van der Waals surface area (Å²) in [5.41, 5.74) is 10.0. The summed E-state index contributed by atoms with van der Waals surface area (Å²) >= 11 is 0. The third-order valence-electron chi connectivity index (χ3n) is 3.93. The molecule has 3 heteroatoms. The fourth-order valence-electron chi connectivity index (χ4n) is 2.69. The topological polar surface area (TPSA) is 55.5 Å². The Morgan fingerprint density at radius 2 is 1.81 bits per heavy atom. The van der Waals surface area contributed by atoms with Gasteiger partial charge < -0.3 is 15.6 Å². The predicted octanol–water partition coefficient (Wildman–Crippen LogP) is 3.09. The summed E-state index contributed by atoms with van der Waals surface area (Å²) in [6, 6.07) is 13.8. The van der Waals surface area contributed by atoms with Crippen LogP contribution in [0.4, 0.5) is 0 Å². The molecule has 2 atom stereocenters. The standard InChI is InChI=1S/C18H23NO2/c1-12-8-9-13(2)15(10-12)18(20)16(11-19)14-6-4-5-7-17(14)21-3/h4-10,16,18,20H,11,19H2,1-3H3. The van der Waals surface area contributed by atoms with Crippen LogP contribution in [0.2, 0.25) is 0 Å². The lowest BCUT2D eigenvalue weighted by Crippen LogP contribution is -2.21. The van der Waals surface area contributed by atoms with Crippen molar-refractivity contribution >= 4 is 0 Å². The molecule has 0 aromatic heterocycles. The Kier molecular flexibility index (Phi) is 4.99. The van der Waals surface area contributed by atoms with Crippen molar-refractivity contribution in [2.45, 2.75) is 25.9 Å². The molecule has 0 fully saturated rings. The van der Waals surface area contributed by atoms with Crippen molar-refractivity contribution in [3.63, 3.8) is 0 Å². The first kappa shape index (κ1) is 15.5. The van der Waals surface area contributed by atoms with Crippen molar-refractivity contribution in [3.05, 3.63) is 64.7 Å². The number of methoxy groups -OCH3 is 1. The van der Waals surface area contributed by atoms with Crippen LogP contribution >= 0.6 is 0 Å². The van der Waals surface area contributed by atoms with Gasteiger partial charge in [-0.25, -0.2) is 0 Å². The van der Waals surface area contributed by atoms with Gasteiger partial charge >= 0.3 is 0 Å². The zero-order chi connectivity index (χ0) is 15.4. The summed E-state index contributed by atoms with van der Waals surface area (Å²) in [4.78, 5) is 0. The first-order valence-corrected chi connectivity index (χ1v) is 7.16. The Morgan fingerprint density at radius 1 is 1.10 bits per heavy atom. The molecule has 0 bridgehead atoms. The Labute approximate surface area is 126 Å². The minimum absolute atomic E-state index is 0.193. The van der Waals surface area contributed by atoms with E-state index in [0.717, 1.165) is 28.0 Å². The molecule has 0 saturated heterocycles. The van der Waals surface area contributed by atoms with Gasteiger partial charge in [0.15, 0.2) is 0 Å². The summed E-state index contributed by atoms with van der Waals surface area (Å²) in [6.07, 6.45) is -0.647. The maximum atomic E-state index is 10.8. The highest BCUT2D eigenvalue weighted by atomic mass is 16.5. The molecular formula is C18H23NO2. The van der Waals surface area contributed by atoms with Crippen LogP contribution in [0.15, 0.2) is 42.5 Å². The third kappa shape index (κ3) is 3.26. The zero-order valence-electron chi connectivity index (χ0n) is 12.8. The van der Waals surface area contributed by atoms with E-state index in [-0.39, 0.29) is 5.92 Å². The van der Waals surface area contributed by atoms with Crippen molar-refractivity contribution < 1.29 is 9.84 Å². The van der Waals surface area contributed by atoms with Gasteiger partial charge in [0.25, 0.3) is 0 Å². The second kappa shape index (κ2) is 6.74.